The summed E-state index contributed by atoms with van der Waals surface area (Å²) in [5.41, 5.74) is 0.373. The van der Waals surface area contributed by atoms with Crippen molar-refractivity contribution < 1.29 is 4.79 Å². The van der Waals surface area contributed by atoms with E-state index >= 15 is 0 Å². The fourth-order valence-electron chi connectivity index (χ4n) is 3.27. The van der Waals surface area contributed by atoms with Gasteiger partial charge in [-0.3, -0.25) is 4.79 Å². The van der Waals surface area contributed by atoms with Crippen LogP contribution in [0.3, 0.4) is 0 Å². The number of carbonyl (C=O) groups excluding carboxylic acids is 1. The maximum atomic E-state index is 12.4. The molecule has 0 unspecified atom stereocenters. The summed E-state index contributed by atoms with van der Waals surface area (Å²) in [4.78, 5) is 16.4. The number of nitrogens with zero attached hydrogens (tertiary/aromatic N) is 1. The molecule has 1 aromatic heterocycles. The Morgan fingerprint density at radius 2 is 1.95 bits per heavy atom. The zero-order valence-corrected chi connectivity index (χ0v) is 15.1. The maximum Gasteiger partial charge on any atom is 0.254 e. The quantitative estimate of drug-likeness (QED) is 0.779. The summed E-state index contributed by atoms with van der Waals surface area (Å²) in [5.74, 6) is -0.174. The Hall–Kier alpha value is -0.650. The second-order valence-electron chi connectivity index (χ2n) is 6.96. The van der Waals surface area contributed by atoms with Crippen molar-refractivity contribution in [2.75, 3.05) is 0 Å². The standard InChI is InChI=1S/C15H21BrClN3O/c1-14(2)6-10(7-15(3,4)20-14)19-13(21)11-5-9(16)8-18-12(11)17/h5,8,10,20H,6-7H2,1-4H3,(H,19,21). The van der Waals surface area contributed by atoms with Gasteiger partial charge in [0.1, 0.15) is 5.15 Å². The van der Waals surface area contributed by atoms with Crippen LogP contribution < -0.4 is 10.6 Å². The zero-order valence-electron chi connectivity index (χ0n) is 12.8. The van der Waals surface area contributed by atoms with E-state index in [0.29, 0.717) is 5.56 Å². The fraction of sp³-hybridized carbons (Fsp3) is 0.600. The minimum Gasteiger partial charge on any atom is -0.349 e. The third-order valence-electron chi connectivity index (χ3n) is 3.58. The van der Waals surface area contributed by atoms with Gasteiger partial charge in [0.15, 0.2) is 0 Å². The van der Waals surface area contributed by atoms with Crippen LogP contribution in [0.4, 0.5) is 0 Å². The highest BCUT2D eigenvalue weighted by Crippen LogP contribution is 2.29. The van der Waals surface area contributed by atoms with Gasteiger partial charge in [-0.2, -0.15) is 0 Å². The van der Waals surface area contributed by atoms with Crippen molar-refractivity contribution in [1.29, 1.82) is 0 Å². The lowest BCUT2D eigenvalue weighted by atomic mass is 9.79. The molecule has 1 aromatic rings. The molecule has 2 heterocycles. The number of nitrogens with one attached hydrogen (secondary N) is 2. The average molecular weight is 375 g/mol. The molecule has 6 heteroatoms. The molecule has 21 heavy (non-hydrogen) atoms. The molecule has 0 bridgehead atoms. The first kappa shape index (κ1) is 16.7. The smallest absolute Gasteiger partial charge is 0.254 e. The normalized spacial score (nSPS) is 21.0. The number of carbonyl (C=O) groups is 1. The largest absolute Gasteiger partial charge is 0.349 e. The molecule has 0 spiro atoms. The van der Waals surface area contributed by atoms with Gasteiger partial charge in [0.05, 0.1) is 5.56 Å². The van der Waals surface area contributed by atoms with Gasteiger partial charge in [0.25, 0.3) is 5.91 Å². The highest BCUT2D eigenvalue weighted by Gasteiger charge is 2.38. The summed E-state index contributed by atoms with van der Waals surface area (Å²) in [5, 5.41) is 6.91. The van der Waals surface area contributed by atoms with Gasteiger partial charge in [-0.15, -0.1) is 0 Å². The average Bonchev–Trinajstić information content (AvgIpc) is 2.27. The molecule has 2 N–H and O–H groups in total. The van der Waals surface area contributed by atoms with Crippen molar-refractivity contribution in [2.24, 2.45) is 0 Å². The Bertz CT molecular complexity index is 544. The minimum atomic E-state index is -0.174. The highest BCUT2D eigenvalue weighted by molar-refractivity contribution is 9.10. The summed E-state index contributed by atoms with van der Waals surface area (Å²) < 4.78 is 0.739. The molecule has 2 rings (SSSR count). The number of aromatic nitrogens is 1. The molecule has 0 aliphatic carbocycles. The summed E-state index contributed by atoms with van der Waals surface area (Å²) in [6.45, 7) is 8.61. The van der Waals surface area contributed by atoms with E-state index in [-0.39, 0.29) is 28.2 Å². The Morgan fingerprint density at radius 1 is 1.38 bits per heavy atom. The van der Waals surface area contributed by atoms with E-state index in [2.05, 4.69) is 59.2 Å². The third-order valence-corrected chi connectivity index (χ3v) is 4.31. The van der Waals surface area contributed by atoms with E-state index in [1.807, 2.05) is 0 Å². The van der Waals surface area contributed by atoms with Gasteiger partial charge in [-0.25, -0.2) is 4.98 Å². The molecule has 0 radical (unpaired) electrons. The number of halogens is 2. The number of hydrogen-bond donors (Lipinski definition) is 2. The Morgan fingerprint density at radius 3 is 2.52 bits per heavy atom. The molecule has 1 amide bonds. The van der Waals surface area contributed by atoms with Crippen molar-refractivity contribution in [3.63, 3.8) is 0 Å². The van der Waals surface area contributed by atoms with E-state index < -0.39 is 0 Å². The fourth-order valence-corrected chi connectivity index (χ4v) is 3.79. The van der Waals surface area contributed by atoms with Crippen LogP contribution in [0.1, 0.15) is 50.9 Å². The number of piperidine rings is 1. The van der Waals surface area contributed by atoms with Crippen LogP contribution in [0.25, 0.3) is 0 Å². The lowest BCUT2D eigenvalue weighted by Crippen LogP contribution is -2.62. The number of hydrogen-bond acceptors (Lipinski definition) is 3. The SMILES string of the molecule is CC1(C)CC(NC(=O)c2cc(Br)cnc2Cl)CC(C)(C)N1. The van der Waals surface area contributed by atoms with Crippen LogP contribution in [0.2, 0.25) is 5.15 Å². The second kappa shape index (κ2) is 5.86. The van der Waals surface area contributed by atoms with Crippen LogP contribution in [0.5, 0.6) is 0 Å². The van der Waals surface area contributed by atoms with Gasteiger partial charge in [0, 0.05) is 27.8 Å². The number of pyridine rings is 1. The highest BCUT2D eigenvalue weighted by atomic mass is 79.9. The van der Waals surface area contributed by atoms with Gasteiger partial charge in [-0.05, 0) is 62.5 Å². The Labute approximate surface area is 139 Å². The molecular formula is C15H21BrClN3O. The molecular weight excluding hydrogens is 354 g/mol. The Kier molecular flexibility index (Phi) is 4.66. The van der Waals surface area contributed by atoms with Crippen molar-refractivity contribution in [3.8, 4) is 0 Å². The van der Waals surface area contributed by atoms with E-state index in [0.717, 1.165) is 17.3 Å². The van der Waals surface area contributed by atoms with Crippen LogP contribution in [0, 0.1) is 0 Å². The summed E-state index contributed by atoms with van der Waals surface area (Å²) in [6, 6.07) is 1.81. The predicted molar refractivity (Wildman–Crippen MR) is 88.7 cm³/mol. The second-order valence-corrected chi connectivity index (χ2v) is 8.24. The van der Waals surface area contributed by atoms with E-state index in [1.54, 1.807) is 12.3 Å². The van der Waals surface area contributed by atoms with Gasteiger partial charge < -0.3 is 10.6 Å². The first-order valence-corrected chi connectivity index (χ1v) is 8.16. The molecule has 4 nitrogen and oxygen atoms in total. The molecule has 0 aromatic carbocycles. The third kappa shape index (κ3) is 4.41. The van der Waals surface area contributed by atoms with Crippen LogP contribution in [-0.4, -0.2) is 28.0 Å². The Balaban J connectivity index is 2.14. The lowest BCUT2D eigenvalue weighted by molar-refractivity contribution is 0.0873. The molecule has 1 fully saturated rings. The van der Waals surface area contributed by atoms with Gasteiger partial charge in [0.2, 0.25) is 0 Å². The molecule has 0 saturated carbocycles. The van der Waals surface area contributed by atoms with Crippen molar-refractivity contribution in [3.05, 3.63) is 27.5 Å². The lowest BCUT2D eigenvalue weighted by Gasteiger charge is -2.46. The van der Waals surface area contributed by atoms with Crippen LogP contribution in [-0.2, 0) is 0 Å². The summed E-state index contributed by atoms with van der Waals surface area (Å²) >= 11 is 9.33. The van der Waals surface area contributed by atoms with Gasteiger partial charge >= 0.3 is 0 Å². The molecule has 1 aliphatic heterocycles. The molecule has 0 atom stereocenters. The van der Waals surface area contributed by atoms with Gasteiger partial charge in [-0.1, -0.05) is 11.6 Å². The van der Waals surface area contributed by atoms with E-state index in [9.17, 15) is 4.79 Å². The van der Waals surface area contributed by atoms with Crippen LogP contribution >= 0.6 is 27.5 Å². The number of rotatable bonds is 2. The minimum absolute atomic E-state index is 0.0149. The zero-order chi connectivity index (χ0) is 15.8. The monoisotopic (exact) mass is 373 g/mol. The first-order valence-electron chi connectivity index (χ1n) is 6.99. The summed E-state index contributed by atoms with van der Waals surface area (Å²) in [7, 11) is 0. The molecule has 1 aliphatic rings. The predicted octanol–water partition coefficient (Wildman–Crippen LogP) is 3.54. The molecule has 1 saturated heterocycles. The van der Waals surface area contributed by atoms with E-state index in [4.69, 9.17) is 11.6 Å². The van der Waals surface area contributed by atoms with Crippen molar-refractivity contribution >= 4 is 33.4 Å². The first-order chi connectivity index (χ1) is 9.58. The summed E-state index contributed by atoms with van der Waals surface area (Å²) in [6.07, 6.45) is 3.33. The van der Waals surface area contributed by atoms with Crippen molar-refractivity contribution in [1.82, 2.24) is 15.6 Å². The van der Waals surface area contributed by atoms with Crippen LogP contribution in [0.15, 0.2) is 16.7 Å². The van der Waals surface area contributed by atoms with E-state index in [1.165, 1.54) is 0 Å². The number of amides is 1. The van der Waals surface area contributed by atoms with Crippen molar-refractivity contribution in [2.45, 2.75) is 57.7 Å². The maximum absolute atomic E-state index is 12.4. The topological polar surface area (TPSA) is 54.0 Å². The molecule has 116 valence electrons.